The SMILES string of the molecule is CC(C)C[C@@H]1C[C@@H](C(=O)N[C@H](C#N)C[C@@H]2CCNC2=O)N(C(=O)[C@@H](NC(=O)C(F)(F)F)C(C)(C)C)C1. The molecule has 2 saturated heterocycles. The Morgan fingerprint density at radius 2 is 1.81 bits per heavy atom. The van der Waals surface area contributed by atoms with Gasteiger partial charge in [0.1, 0.15) is 18.1 Å². The third-order valence-corrected chi connectivity index (χ3v) is 6.58. The van der Waals surface area contributed by atoms with Gasteiger partial charge in [-0.3, -0.25) is 19.2 Å². The van der Waals surface area contributed by atoms with Crippen LogP contribution in [0.1, 0.15) is 60.3 Å². The number of hydrogen-bond acceptors (Lipinski definition) is 5. The van der Waals surface area contributed by atoms with Crippen molar-refractivity contribution < 1.29 is 32.3 Å². The van der Waals surface area contributed by atoms with Crippen molar-refractivity contribution in [3.05, 3.63) is 0 Å². The summed E-state index contributed by atoms with van der Waals surface area (Å²) in [6.45, 7) is 9.20. The Hall–Kier alpha value is -2.84. The average Bonchev–Trinajstić information content (AvgIpc) is 3.34. The zero-order valence-corrected chi connectivity index (χ0v) is 21.4. The maximum absolute atomic E-state index is 13.5. The largest absolute Gasteiger partial charge is 0.471 e. The molecule has 0 aromatic rings. The standard InChI is InChI=1S/C24H36F3N5O4/c1-13(2)8-14-9-17(20(34)30-16(11-28)10-15-6-7-29-19(15)33)32(12-14)21(35)18(23(3,4)5)31-22(36)24(25,26)27/h13-18H,6-10,12H2,1-5H3,(H,29,33)(H,30,34)(H,31,36)/t14-,15+,16+,17+,18-/m1/s1. The molecule has 2 heterocycles. The molecule has 2 fully saturated rings. The molecule has 0 radical (unpaired) electrons. The van der Waals surface area contributed by atoms with Gasteiger partial charge in [-0.2, -0.15) is 18.4 Å². The molecular formula is C24H36F3N5O4. The number of nitrogens with one attached hydrogen (secondary N) is 3. The van der Waals surface area contributed by atoms with Crippen molar-refractivity contribution in [1.82, 2.24) is 20.9 Å². The van der Waals surface area contributed by atoms with E-state index in [-0.39, 0.29) is 37.1 Å². The molecule has 202 valence electrons. The lowest BCUT2D eigenvalue weighted by Crippen LogP contribution is -2.59. The topological polar surface area (TPSA) is 131 Å². The first-order valence-corrected chi connectivity index (χ1v) is 12.2. The number of nitrogens with zero attached hydrogens (tertiary/aromatic N) is 2. The van der Waals surface area contributed by atoms with Crippen molar-refractivity contribution in [1.29, 1.82) is 5.26 Å². The van der Waals surface area contributed by atoms with Crippen molar-refractivity contribution in [2.45, 2.75) is 84.6 Å². The molecular weight excluding hydrogens is 479 g/mol. The summed E-state index contributed by atoms with van der Waals surface area (Å²) in [4.78, 5) is 51.6. The first kappa shape index (κ1) is 29.4. The number of rotatable bonds is 8. The second-order valence-electron chi connectivity index (χ2n) is 11.2. The van der Waals surface area contributed by atoms with E-state index >= 15 is 0 Å². The molecule has 36 heavy (non-hydrogen) atoms. The van der Waals surface area contributed by atoms with Gasteiger partial charge < -0.3 is 20.9 Å². The summed E-state index contributed by atoms with van der Waals surface area (Å²) in [5, 5.41) is 16.7. The van der Waals surface area contributed by atoms with Crippen molar-refractivity contribution >= 4 is 23.6 Å². The van der Waals surface area contributed by atoms with Gasteiger partial charge in [0.25, 0.3) is 0 Å². The van der Waals surface area contributed by atoms with E-state index < -0.39 is 53.4 Å². The highest BCUT2D eigenvalue weighted by atomic mass is 19.4. The summed E-state index contributed by atoms with van der Waals surface area (Å²) in [6.07, 6.45) is -3.53. The molecule has 2 aliphatic heterocycles. The van der Waals surface area contributed by atoms with E-state index in [1.165, 1.54) is 25.7 Å². The molecule has 12 heteroatoms. The van der Waals surface area contributed by atoms with Gasteiger partial charge in [-0.15, -0.1) is 0 Å². The Morgan fingerprint density at radius 1 is 1.17 bits per heavy atom. The Balaban J connectivity index is 2.26. The Kier molecular flexibility index (Phi) is 9.37. The van der Waals surface area contributed by atoms with E-state index in [0.717, 1.165) is 0 Å². The van der Waals surface area contributed by atoms with Crippen LogP contribution in [0.3, 0.4) is 0 Å². The fourth-order valence-electron chi connectivity index (χ4n) is 4.85. The molecule has 5 atom stereocenters. The van der Waals surface area contributed by atoms with Gasteiger partial charge >= 0.3 is 12.1 Å². The van der Waals surface area contributed by atoms with Crippen LogP contribution in [0.5, 0.6) is 0 Å². The molecule has 0 aliphatic carbocycles. The van der Waals surface area contributed by atoms with Gasteiger partial charge in [0.2, 0.25) is 17.7 Å². The van der Waals surface area contributed by atoms with Crippen molar-refractivity contribution in [3.63, 3.8) is 0 Å². The minimum absolute atomic E-state index is 0.0789. The number of halogens is 3. The van der Waals surface area contributed by atoms with Crippen molar-refractivity contribution in [2.75, 3.05) is 13.1 Å². The lowest BCUT2D eigenvalue weighted by atomic mass is 9.85. The second kappa shape index (κ2) is 11.5. The lowest BCUT2D eigenvalue weighted by molar-refractivity contribution is -0.176. The highest BCUT2D eigenvalue weighted by Crippen LogP contribution is 2.32. The number of alkyl halides is 3. The molecule has 0 aromatic heterocycles. The smallest absolute Gasteiger partial charge is 0.356 e. The molecule has 2 rings (SSSR count). The number of hydrogen-bond donors (Lipinski definition) is 3. The molecule has 0 bridgehead atoms. The van der Waals surface area contributed by atoms with Gasteiger partial charge in [-0.05, 0) is 42.9 Å². The lowest BCUT2D eigenvalue weighted by Gasteiger charge is -2.35. The number of nitriles is 1. The Morgan fingerprint density at radius 3 is 2.28 bits per heavy atom. The summed E-state index contributed by atoms with van der Waals surface area (Å²) in [6, 6.07) is -1.51. The molecule has 0 spiro atoms. The first-order valence-electron chi connectivity index (χ1n) is 12.2. The van der Waals surface area contributed by atoms with Crippen LogP contribution in [0.4, 0.5) is 13.2 Å². The highest BCUT2D eigenvalue weighted by molar-refractivity contribution is 5.94. The molecule has 0 unspecified atom stereocenters. The van der Waals surface area contributed by atoms with E-state index in [9.17, 15) is 37.6 Å². The molecule has 0 saturated carbocycles. The van der Waals surface area contributed by atoms with E-state index in [2.05, 4.69) is 10.6 Å². The van der Waals surface area contributed by atoms with Gasteiger partial charge in [-0.25, -0.2) is 0 Å². The first-order chi connectivity index (χ1) is 16.5. The van der Waals surface area contributed by atoms with E-state index in [4.69, 9.17) is 0 Å². The molecule has 2 aliphatic rings. The average molecular weight is 516 g/mol. The summed E-state index contributed by atoms with van der Waals surface area (Å²) >= 11 is 0. The highest BCUT2D eigenvalue weighted by Gasteiger charge is 2.48. The Bertz CT molecular complexity index is 894. The van der Waals surface area contributed by atoms with Crippen molar-refractivity contribution in [2.24, 2.45) is 23.2 Å². The predicted octanol–water partition coefficient (Wildman–Crippen LogP) is 1.88. The van der Waals surface area contributed by atoms with Crippen LogP contribution in [-0.4, -0.2) is 65.9 Å². The van der Waals surface area contributed by atoms with Crippen LogP contribution in [0, 0.1) is 34.5 Å². The zero-order chi connectivity index (χ0) is 27.4. The van der Waals surface area contributed by atoms with Gasteiger partial charge in [0.15, 0.2) is 0 Å². The maximum atomic E-state index is 13.5. The van der Waals surface area contributed by atoms with Crippen LogP contribution < -0.4 is 16.0 Å². The van der Waals surface area contributed by atoms with Gasteiger partial charge in [-0.1, -0.05) is 34.6 Å². The quantitative estimate of drug-likeness (QED) is 0.454. The van der Waals surface area contributed by atoms with E-state index in [1.54, 1.807) is 0 Å². The molecule has 3 N–H and O–H groups in total. The molecule has 9 nitrogen and oxygen atoms in total. The normalized spacial score (nSPS) is 24.2. The number of amides is 4. The van der Waals surface area contributed by atoms with Crippen LogP contribution in [0.15, 0.2) is 0 Å². The monoisotopic (exact) mass is 515 g/mol. The molecule has 4 amide bonds. The summed E-state index contributed by atoms with van der Waals surface area (Å²) in [5.41, 5.74) is -1.07. The zero-order valence-electron chi connectivity index (χ0n) is 21.4. The maximum Gasteiger partial charge on any atom is 0.471 e. The van der Waals surface area contributed by atoms with Crippen molar-refractivity contribution in [3.8, 4) is 6.07 Å². The number of likely N-dealkylation sites (tertiary alicyclic amines) is 1. The van der Waals surface area contributed by atoms with E-state index in [0.29, 0.717) is 19.4 Å². The van der Waals surface area contributed by atoms with E-state index in [1.807, 2.05) is 25.2 Å². The fourth-order valence-corrected chi connectivity index (χ4v) is 4.85. The summed E-state index contributed by atoms with van der Waals surface area (Å²) in [7, 11) is 0. The third kappa shape index (κ3) is 7.58. The minimum Gasteiger partial charge on any atom is -0.356 e. The van der Waals surface area contributed by atoms with Crippen LogP contribution in [0.2, 0.25) is 0 Å². The predicted molar refractivity (Wildman–Crippen MR) is 124 cm³/mol. The second-order valence-corrected chi connectivity index (χ2v) is 11.2. The van der Waals surface area contributed by atoms with Crippen LogP contribution >= 0.6 is 0 Å². The fraction of sp³-hybridized carbons (Fsp3) is 0.792. The minimum atomic E-state index is -5.17. The van der Waals surface area contributed by atoms with Crippen LogP contribution in [0.25, 0.3) is 0 Å². The summed E-state index contributed by atoms with van der Waals surface area (Å²) in [5.74, 6) is -4.03. The van der Waals surface area contributed by atoms with Gasteiger partial charge in [0, 0.05) is 19.0 Å². The van der Waals surface area contributed by atoms with Gasteiger partial charge in [0.05, 0.1) is 6.07 Å². The van der Waals surface area contributed by atoms with Crippen LogP contribution in [-0.2, 0) is 19.2 Å². The summed E-state index contributed by atoms with van der Waals surface area (Å²) < 4.78 is 38.9. The molecule has 0 aromatic carbocycles. The third-order valence-electron chi connectivity index (χ3n) is 6.58. The Labute approximate surface area is 209 Å². The number of carbonyl (C=O) groups is 4. The number of carbonyl (C=O) groups excluding carboxylic acids is 4.